The van der Waals surface area contributed by atoms with Crippen LogP contribution < -0.4 is 0 Å². The highest BCUT2D eigenvalue weighted by Gasteiger charge is 2.51. The van der Waals surface area contributed by atoms with Crippen LogP contribution >= 0.6 is 0 Å². The van der Waals surface area contributed by atoms with Crippen LogP contribution in [0.25, 0.3) is 0 Å². The molecule has 2 N–H and O–H groups in total. The van der Waals surface area contributed by atoms with Gasteiger partial charge in [-0.25, -0.2) is 9.59 Å². The number of hydrogen-bond donors (Lipinski definition) is 2. The topological polar surface area (TPSA) is 146 Å². The minimum Gasteiger partial charge on any atom is -0.466 e. The molecule has 0 bridgehead atoms. The smallest absolute Gasteiger partial charge is 0.337 e. The molecular weight excluding hydrogens is 424 g/mol. The van der Waals surface area contributed by atoms with E-state index in [1.54, 1.807) is 13.8 Å². The van der Waals surface area contributed by atoms with Gasteiger partial charge in [0.05, 0.1) is 37.2 Å². The molecular formula is C22H28O10. The van der Waals surface area contributed by atoms with Gasteiger partial charge in [-0.05, 0) is 17.7 Å². The summed E-state index contributed by atoms with van der Waals surface area (Å²) in [6.07, 6.45) is -2.84. The van der Waals surface area contributed by atoms with E-state index in [-0.39, 0.29) is 17.6 Å². The van der Waals surface area contributed by atoms with Crippen LogP contribution in [-0.4, -0.2) is 72.2 Å². The van der Waals surface area contributed by atoms with Crippen molar-refractivity contribution in [1.29, 1.82) is 0 Å². The van der Waals surface area contributed by atoms with Gasteiger partial charge in [-0.15, -0.1) is 0 Å². The molecule has 0 aromatic rings. The zero-order valence-corrected chi connectivity index (χ0v) is 18.4. The largest absolute Gasteiger partial charge is 0.466 e. The van der Waals surface area contributed by atoms with Gasteiger partial charge in [0.15, 0.2) is 12.2 Å². The third-order valence-corrected chi connectivity index (χ3v) is 5.10. The van der Waals surface area contributed by atoms with Crippen molar-refractivity contribution in [1.82, 2.24) is 0 Å². The number of aliphatic hydroxyl groups excluding tert-OH is 2. The van der Waals surface area contributed by atoms with E-state index in [0.717, 1.165) is 20.1 Å². The monoisotopic (exact) mass is 452 g/mol. The van der Waals surface area contributed by atoms with E-state index >= 15 is 0 Å². The average Bonchev–Trinajstić information content (AvgIpc) is 3.00. The molecule has 0 saturated carbocycles. The van der Waals surface area contributed by atoms with Crippen molar-refractivity contribution >= 4 is 23.9 Å². The molecule has 0 aromatic carbocycles. The third-order valence-electron chi connectivity index (χ3n) is 5.10. The first-order valence-electron chi connectivity index (χ1n) is 10.1. The molecule has 0 aromatic heterocycles. The van der Waals surface area contributed by atoms with E-state index < -0.39 is 66.7 Å². The van der Waals surface area contributed by atoms with Crippen LogP contribution in [0.4, 0.5) is 0 Å². The fourth-order valence-corrected chi connectivity index (χ4v) is 3.56. The molecule has 176 valence electrons. The van der Waals surface area contributed by atoms with Gasteiger partial charge in [0.1, 0.15) is 6.10 Å². The van der Waals surface area contributed by atoms with E-state index in [4.69, 9.17) is 18.9 Å². The Bertz CT molecular complexity index is 853. The molecule has 10 nitrogen and oxygen atoms in total. The van der Waals surface area contributed by atoms with Crippen LogP contribution in [0.2, 0.25) is 0 Å². The average molecular weight is 452 g/mol. The van der Waals surface area contributed by atoms with Gasteiger partial charge in [0.25, 0.3) is 0 Å². The number of carbonyl (C=O) groups excluding carboxylic acids is 4. The summed E-state index contributed by atoms with van der Waals surface area (Å²) in [5, 5.41) is 20.2. The Morgan fingerprint density at radius 2 is 1.91 bits per heavy atom. The summed E-state index contributed by atoms with van der Waals surface area (Å²) in [4.78, 5) is 49.4. The van der Waals surface area contributed by atoms with Crippen molar-refractivity contribution in [3.05, 3.63) is 35.5 Å². The van der Waals surface area contributed by atoms with Gasteiger partial charge in [0.2, 0.25) is 0 Å². The second kappa shape index (κ2) is 10.6. The first kappa shape index (κ1) is 25.3. The maximum Gasteiger partial charge on any atom is 0.337 e. The van der Waals surface area contributed by atoms with E-state index in [1.165, 1.54) is 6.08 Å². The number of carbonyl (C=O) groups is 4. The Kier molecular flexibility index (Phi) is 8.34. The lowest BCUT2D eigenvalue weighted by molar-refractivity contribution is -0.172. The fourth-order valence-electron chi connectivity index (χ4n) is 3.56. The minimum atomic E-state index is -1.53. The number of rotatable bonds is 5. The number of aliphatic hydroxyl groups is 2. The minimum absolute atomic E-state index is 0.0624. The number of hydrogen-bond acceptors (Lipinski definition) is 10. The predicted molar refractivity (Wildman–Crippen MR) is 109 cm³/mol. The summed E-state index contributed by atoms with van der Waals surface area (Å²) in [6, 6.07) is 0. The normalized spacial score (nSPS) is 31.4. The first-order valence-corrected chi connectivity index (χ1v) is 10.1. The van der Waals surface area contributed by atoms with Gasteiger partial charge in [-0.1, -0.05) is 20.4 Å². The second-order valence-corrected chi connectivity index (χ2v) is 7.88. The lowest BCUT2D eigenvalue weighted by Gasteiger charge is -2.34. The lowest BCUT2D eigenvalue weighted by Crippen LogP contribution is -2.47. The SMILES string of the molecule is C=C1C(=O)O[C@H]2/C=C(/CO)C[C@@H](O)/C=C(/C(=O)OC)[C@@H](OC(C)=O)[C@@H](OC(=O)C(C)C)[C@H]12. The Hall–Kier alpha value is -2.98. The van der Waals surface area contributed by atoms with Crippen molar-refractivity contribution < 1.29 is 48.3 Å². The highest BCUT2D eigenvalue weighted by molar-refractivity contribution is 5.93. The quantitative estimate of drug-likeness (QED) is 0.260. The van der Waals surface area contributed by atoms with E-state index in [1.807, 2.05) is 0 Å². The van der Waals surface area contributed by atoms with E-state index in [0.29, 0.717) is 5.57 Å². The maximum atomic E-state index is 12.6. The summed E-state index contributed by atoms with van der Waals surface area (Å²) in [6.45, 7) is 7.53. The van der Waals surface area contributed by atoms with Gasteiger partial charge in [-0.2, -0.15) is 0 Å². The lowest BCUT2D eigenvalue weighted by atomic mass is 9.83. The van der Waals surface area contributed by atoms with Crippen molar-refractivity contribution in [3.8, 4) is 0 Å². The van der Waals surface area contributed by atoms with E-state index in [2.05, 4.69) is 6.58 Å². The van der Waals surface area contributed by atoms with Crippen molar-refractivity contribution in [2.24, 2.45) is 11.8 Å². The molecule has 32 heavy (non-hydrogen) atoms. The molecule has 1 saturated heterocycles. The molecule has 0 radical (unpaired) electrons. The summed E-state index contributed by atoms with van der Waals surface area (Å²) < 4.78 is 21.1. The maximum absolute atomic E-state index is 12.6. The van der Waals surface area contributed by atoms with Gasteiger partial charge < -0.3 is 29.2 Å². The predicted octanol–water partition coefficient (Wildman–Crippen LogP) is 0.366. The standard InChI is InChI=1S/C22H28O10/c1-10(2)20(26)32-19-17-11(3)21(27)31-16(17)7-13(9-23)6-14(25)8-15(22(28)29-5)18(19)30-12(4)24/h7-8,10,14,16-19,23,25H,3,6,9H2,1-2,4-5H3/b13-7+,15-8+/t14-,16+,17-,18-,19+/m1/s1. The van der Waals surface area contributed by atoms with Gasteiger partial charge in [-0.3, -0.25) is 9.59 Å². The number of methoxy groups -OCH3 is 1. The van der Waals surface area contributed by atoms with Crippen molar-refractivity contribution in [2.45, 2.75) is 51.6 Å². The highest BCUT2D eigenvalue weighted by atomic mass is 16.6. The van der Waals surface area contributed by atoms with Crippen molar-refractivity contribution in [2.75, 3.05) is 13.7 Å². The van der Waals surface area contributed by atoms with Crippen LogP contribution in [-0.2, 0) is 38.1 Å². The third kappa shape index (κ3) is 5.63. The second-order valence-electron chi connectivity index (χ2n) is 7.88. The molecule has 0 spiro atoms. The molecule has 2 aliphatic rings. The summed E-state index contributed by atoms with van der Waals surface area (Å²) >= 11 is 0. The van der Waals surface area contributed by atoms with Gasteiger partial charge >= 0.3 is 23.9 Å². The van der Waals surface area contributed by atoms with Crippen LogP contribution in [0.15, 0.2) is 35.5 Å². The molecule has 1 fully saturated rings. The molecule has 1 aliphatic carbocycles. The zero-order chi connectivity index (χ0) is 24.2. The summed E-state index contributed by atoms with van der Waals surface area (Å²) in [5.41, 5.74) is -0.0373. The molecule has 2 rings (SSSR count). The Morgan fingerprint density at radius 3 is 2.44 bits per heavy atom. The first-order chi connectivity index (χ1) is 15.0. The van der Waals surface area contributed by atoms with Crippen molar-refractivity contribution in [3.63, 3.8) is 0 Å². The molecule has 1 aliphatic heterocycles. The number of fused-ring (bicyclic) bond motifs is 1. The summed E-state index contributed by atoms with van der Waals surface area (Å²) in [5.74, 6) is -4.84. The van der Waals surface area contributed by atoms with Crippen LogP contribution in [0.3, 0.4) is 0 Å². The Morgan fingerprint density at radius 1 is 1.25 bits per heavy atom. The summed E-state index contributed by atoms with van der Waals surface area (Å²) in [7, 11) is 1.09. The van der Waals surface area contributed by atoms with Crippen LogP contribution in [0, 0.1) is 11.8 Å². The molecule has 5 atom stereocenters. The number of esters is 4. The Labute approximate surface area is 185 Å². The molecule has 0 amide bonds. The highest BCUT2D eigenvalue weighted by Crippen LogP contribution is 2.38. The molecule has 0 unspecified atom stereocenters. The van der Waals surface area contributed by atoms with Crippen LogP contribution in [0.5, 0.6) is 0 Å². The Balaban J connectivity index is 2.77. The van der Waals surface area contributed by atoms with E-state index in [9.17, 15) is 29.4 Å². The van der Waals surface area contributed by atoms with Gasteiger partial charge in [0, 0.05) is 18.9 Å². The fraction of sp³-hybridized carbons (Fsp3) is 0.545. The molecule has 10 heteroatoms. The number of ether oxygens (including phenoxy) is 4. The zero-order valence-electron chi connectivity index (χ0n) is 18.4. The molecule has 1 heterocycles. The van der Waals surface area contributed by atoms with Crippen LogP contribution in [0.1, 0.15) is 27.2 Å².